The maximum absolute atomic E-state index is 13.5. The van der Waals surface area contributed by atoms with Crippen LogP contribution in [-0.2, 0) is 9.59 Å². The van der Waals surface area contributed by atoms with Gasteiger partial charge in [-0.2, -0.15) is 0 Å². The zero-order valence-electron chi connectivity index (χ0n) is 20.0. The number of carbonyl (C=O) groups excluding carboxylic acids is 2. The van der Waals surface area contributed by atoms with E-state index in [4.69, 9.17) is 21.1 Å². The number of hydrogen-bond acceptors (Lipinski definition) is 5. The maximum Gasteiger partial charge on any atom is 0.300 e. The van der Waals surface area contributed by atoms with Crippen molar-refractivity contribution in [2.24, 2.45) is 0 Å². The molecule has 1 unspecified atom stereocenters. The van der Waals surface area contributed by atoms with E-state index in [-0.39, 0.29) is 11.3 Å². The minimum absolute atomic E-state index is 0.0369. The Bertz CT molecular complexity index is 1350. The largest absolute Gasteiger partial charge is 0.507 e. The zero-order chi connectivity index (χ0) is 25.3. The van der Waals surface area contributed by atoms with Crippen LogP contribution in [-0.4, -0.2) is 30.5 Å². The number of ether oxygens (including phenoxy) is 2. The normalized spacial score (nSPS) is 17.1. The van der Waals surface area contributed by atoms with Crippen molar-refractivity contribution in [3.8, 4) is 11.5 Å². The van der Waals surface area contributed by atoms with Crippen molar-refractivity contribution in [1.82, 2.24) is 0 Å². The van der Waals surface area contributed by atoms with Gasteiger partial charge in [0.05, 0.1) is 30.4 Å². The fraction of sp³-hybridized carbons (Fsp3) is 0.214. The van der Waals surface area contributed by atoms with Gasteiger partial charge in [0, 0.05) is 16.8 Å². The van der Waals surface area contributed by atoms with Crippen LogP contribution in [0.5, 0.6) is 11.5 Å². The van der Waals surface area contributed by atoms with Gasteiger partial charge in [0.25, 0.3) is 11.7 Å². The van der Waals surface area contributed by atoms with Gasteiger partial charge in [0.1, 0.15) is 17.3 Å². The van der Waals surface area contributed by atoms with Crippen molar-refractivity contribution in [2.45, 2.75) is 26.8 Å². The highest BCUT2D eigenvalue weighted by Gasteiger charge is 2.48. The number of nitrogens with zero attached hydrogens (tertiary/aromatic N) is 1. The van der Waals surface area contributed by atoms with Crippen LogP contribution in [0.2, 0.25) is 5.02 Å². The molecule has 1 aliphatic rings. The lowest BCUT2D eigenvalue weighted by atomic mass is 9.94. The summed E-state index contributed by atoms with van der Waals surface area (Å²) in [5, 5.41) is 11.8. The third-order valence-corrected chi connectivity index (χ3v) is 6.53. The minimum atomic E-state index is -0.905. The molecule has 0 saturated carbocycles. The van der Waals surface area contributed by atoms with Crippen LogP contribution < -0.4 is 14.4 Å². The molecule has 1 aliphatic heterocycles. The average molecular weight is 492 g/mol. The first kappa shape index (κ1) is 24.4. The number of Topliss-reactive ketones (excluding diaryl/α,β-unsaturated/α-hetero) is 1. The van der Waals surface area contributed by atoms with E-state index >= 15 is 0 Å². The molecule has 4 rings (SSSR count). The number of benzene rings is 3. The standard InChI is InChI=1S/C28H26ClNO5/c1-5-35-23-15-18(13-14-20(23)29)26(31)24-25(19-10-6-7-12-22(19)34-4)30(28(33)27(24)32)21-11-8-9-16(2)17(21)3/h6-15,25,31H,5H2,1-4H3/b26-24+. The van der Waals surface area contributed by atoms with E-state index in [1.807, 2.05) is 32.9 Å². The Morgan fingerprint density at radius 2 is 1.77 bits per heavy atom. The summed E-state index contributed by atoms with van der Waals surface area (Å²) in [5.74, 6) is -0.963. The van der Waals surface area contributed by atoms with Gasteiger partial charge < -0.3 is 14.6 Å². The predicted molar refractivity (Wildman–Crippen MR) is 136 cm³/mol. The van der Waals surface area contributed by atoms with E-state index in [0.29, 0.717) is 39.9 Å². The van der Waals surface area contributed by atoms with Crippen molar-refractivity contribution in [2.75, 3.05) is 18.6 Å². The van der Waals surface area contributed by atoms with Crippen molar-refractivity contribution in [3.05, 3.63) is 93.5 Å². The van der Waals surface area contributed by atoms with Crippen molar-refractivity contribution in [3.63, 3.8) is 0 Å². The van der Waals surface area contributed by atoms with Gasteiger partial charge in [-0.25, -0.2) is 0 Å². The summed E-state index contributed by atoms with van der Waals surface area (Å²) < 4.78 is 11.1. The number of aliphatic hydroxyl groups is 1. The van der Waals surface area contributed by atoms with Gasteiger partial charge in [0.2, 0.25) is 0 Å². The van der Waals surface area contributed by atoms with Gasteiger partial charge in [-0.05, 0) is 62.2 Å². The van der Waals surface area contributed by atoms with Gasteiger partial charge in [-0.3, -0.25) is 14.5 Å². The molecule has 35 heavy (non-hydrogen) atoms. The number of anilines is 1. The molecule has 1 fully saturated rings. The molecular formula is C28H26ClNO5. The number of methoxy groups -OCH3 is 1. The first-order valence-corrected chi connectivity index (χ1v) is 11.6. The van der Waals surface area contributed by atoms with Crippen LogP contribution >= 0.6 is 11.6 Å². The first-order chi connectivity index (χ1) is 16.8. The molecule has 1 saturated heterocycles. The quantitative estimate of drug-likeness (QED) is 0.260. The molecule has 3 aromatic rings. The SMILES string of the molecule is CCOc1cc(/C(O)=C2\C(=O)C(=O)N(c3cccc(C)c3C)C2c2ccccc2OC)ccc1Cl. The zero-order valence-corrected chi connectivity index (χ0v) is 20.7. The number of para-hydroxylation sites is 1. The molecule has 180 valence electrons. The van der Waals surface area contributed by atoms with E-state index in [1.165, 1.54) is 12.0 Å². The van der Waals surface area contributed by atoms with Gasteiger partial charge >= 0.3 is 0 Å². The monoisotopic (exact) mass is 491 g/mol. The van der Waals surface area contributed by atoms with Crippen LogP contribution in [0, 0.1) is 13.8 Å². The number of halogens is 1. The highest BCUT2D eigenvalue weighted by molar-refractivity contribution is 6.52. The fourth-order valence-corrected chi connectivity index (χ4v) is 4.51. The smallest absolute Gasteiger partial charge is 0.300 e. The number of ketones is 1. The lowest BCUT2D eigenvalue weighted by Crippen LogP contribution is -2.30. The highest BCUT2D eigenvalue weighted by Crippen LogP contribution is 2.46. The summed E-state index contributed by atoms with van der Waals surface area (Å²) in [6.07, 6.45) is 0. The van der Waals surface area contributed by atoms with E-state index in [1.54, 1.807) is 48.5 Å². The average Bonchev–Trinajstić information content (AvgIpc) is 3.12. The van der Waals surface area contributed by atoms with E-state index in [0.717, 1.165) is 11.1 Å². The Morgan fingerprint density at radius 3 is 2.49 bits per heavy atom. The summed E-state index contributed by atoms with van der Waals surface area (Å²) in [6.45, 7) is 6.04. The van der Waals surface area contributed by atoms with Crippen LogP contribution in [0.3, 0.4) is 0 Å². The van der Waals surface area contributed by atoms with Gasteiger partial charge in [-0.1, -0.05) is 41.9 Å². The third-order valence-electron chi connectivity index (χ3n) is 6.22. The Labute approximate surface area is 209 Å². The molecule has 1 amide bonds. The summed E-state index contributed by atoms with van der Waals surface area (Å²) in [7, 11) is 1.52. The lowest BCUT2D eigenvalue weighted by molar-refractivity contribution is -0.132. The third kappa shape index (κ3) is 4.26. The van der Waals surface area contributed by atoms with E-state index in [2.05, 4.69) is 0 Å². The number of hydrogen-bond donors (Lipinski definition) is 1. The van der Waals surface area contributed by atoms with Crippen molar-refractivity contribution >= 4 is 34.7 Å². The second-order valence-corrected chi connectivity index (χ2v) is 8.62. The Balaban J connectivity index is 2.00. The molecule has 1 heterocycles. The topological polar surface area (TPSA) is 76.1 Å². The molecule has 0 bridgehead atoms. The van der Waals surface area contributed by atoms with Gasteiger partial charge in [-0.15, -0.1) is 0 Å². The molecule has 6 nitrogen and oxygen atoms in total. The van der Waals surface area contributed by atoms with E-state index in [9.17, 15) is 14.7 Å². The summed E-state index contributed by atoms with van der Waals surface area (Å²) in [5.41, 5.74) is 3.28. The van der Waals surface area contributed by atoms with Crippen molar-refractivity contribution < 1.29 is 24.2 Å². The maximum atomic E-state index is 13.5. The van der Waals surface area contributed by atoms with Crippen LogP contribution in [0.1, 0.15) is 35.2 Å². The molecule has 0 spiro atoms. The highest BCUT2D eigenvalue weighted by atomic mass is 35.5. The van der Waals surface area contributed by atoms with Crippen LogP contribution in [0.25, 0.3) is 5.76 Å². The molecule has 0 aliphatic carbocycles. The molecule has 3 aromatic carbocycles. The van der Waals surface area contributed by atoms with Gasteiger partial charge in [0.15, 0.2) is 0 Å². The summed E-state index contributed by atoms with van der Waals surface area (Å²) in [4.78, 5) is 28.4. The molecule has 0 aromatic heterocycles. The lowest BCUT2D eigenvalue weighted by Gasteiger charge is -2.28. The second kappa shape index (κ2) is 9.84. The second-order valence-electron chi connectivity index (χ2n) is 8.21. The molecular weight excluding hydrogens is 466 g/mol. The number of aryl methyl sites for hydroxylation is 1. The number of aliphatic hydroxyl groups excluding tert-OH is 1. The molecule has 1 N–H and O–H groups in total. The Morgan fingerprint density at radius 1 is 1.03 bits per heavy atom. The fourth-order valence-electron chi connectivity index (χ4n) is 4.34. The minimum Gasteiger partial charge on any atom is -0.507 e. The summed E-state index contributed by atoms with van der Waals surface area (Å²) >= 11 is 6.22. The van der Waals surface area contributed by atoms with Crippen LogP contribution in [0.4, 0.5) is 5.69 Å². The Kier molecular flexibility index (Phi) is 6.85. The molecule has 7 heteroatoms. The van der Waals surface area contributed by atoms with Crippen molar-refractivity contribution in [1.29, 1.82) is 0 Å². The summed E-state index contributed by atoms with van der Waals surface area (Å²) in [6, 6.07) is 16.6. The predicted octanol–water partition coefficient (Wildman–Crippen LogP) is 5.99. The number of amides is 1. The molecule has 1 atom stereocenters. The number of rotatable bonds is 6. The van der Waals surface area contributed by atoms with Crippen LogP contribution in [0.15, 0.2) is 66.2 Å². The first-order valence-electron chi connectivity index (χ1n) is 11.2. The van der Waals surface area contributed by atoms with E-state index < -0.39 is 17.7 Å². The number of carbonyl (C=O) groups is 2. The molecule has 0 radical (unpaired) electrons. The Hall–Kier alpha value is -3.77.